The Kier molecular flexibility index (Phi) is 41.2. The molecule has 692 valence electrons. The average Bonchev–Trinajstić information content (AvgIpc) is 1.51. The second kappa shape index (κ2) is 46.0. The molecular weight excluding hydrogens is 1590 g/mol. The summed E-state index contributed by atoms with van der Waals surface area (Å²) in [6.45, 7) is 35.6. The summed E-state index contributed by atoms with van der Waals surface area (Å²) in [5.41, 5.74) is -3.26. The number of hydrogen-bond donors (Lipinski definition) is 21. The van der Waals surface area contributed by atoms with Gasteiger partial charge in [0, 0.05) is 26.3 Å². The first-order chi connectivity index (χ1) is 55.6. The molecule has 0 spiro atoms. The van der Waals surface area contributed by atoms with Gasteiger partial charge in [-0.15, -0.1) is 0 Å². The van der Waals surface area contributed by atoms with E-state index in [4.69, 9.17) is 11.5 Å². The molecule has 0 aromatic heterocycles. The van der Waals surface area contributed by atoms with Crippen LogP contribution in [0.5, 0.6) is 0 Å². The molecule has 122 heavy (non-hydrogen) atoms. The maximum atomic E-state index is 14.4. The van der Waals surface area contributed by atoms with E-state index in [1.54, 1.807) is 55.4 Å². The van der Waals surface area contributed by atoms with Crippen LogP contribution >= 0.6 is 0 Å². The molecule has 1 aliphatic heterocycles. The number of hydrogen-bond acceptors (Lipinski definition) is 22. The van der Waals surface area contributed by atoms with Crippen LogP contribution in [-0.4, -0.2) is 258 Å². The van der Waals surface area contributed by atoms with Gasteiger partial charge in [-0.2, -0.15) is 0 Å². The molecule has 0 bridgehead atoms. The van der Waals surface area contributed by atoms with Gasteiger partial charge in [-0.25, -0.2) is 0 Å². The lowest BCUT2D eigenvalue weighted by Gasteiger charge is -2.36. The molecule has 1 heterocycles. The zero-order valence-electron chi connectivity index (χ0n) is 75.9. The number of carbonyl (C=O) groups excluding carboxylic acids is 20. The van der Waals surface area contributed by atoms with Gasteiger partial charge in [-0.1, -0.05) is 62.3 Å². The van der Waals surface area contributed by atoms with Crippen molar-refractivity contribution in [1.29, 1.82) is 0 Å². The van der Waals surface area contributed by atoms with Crippen LogP contribution in [0.4, 0.5) is 0 Å². The maximum Gasteiger partial charge on any atom is 0.248 e. The van der Waals surface area contributed by atoms with Gasteiger partial charge in [-0.3, -0.25) is 95.9 Å². The molecule has 23 N–H and O–H groups in total. The average molecular weight is 1730 g/mol. The number of nitrogens with one attached hydrogen (secondary N) is 17. The smallest absolute Gasteiger partial charge is 0.248 e. The highest BCUT2D eigenvalue weighted by Gasteiger charge is 2.48. The van der Waals surface area contributed by atoms with Crippen molar-refractivity contribution in [1.82, 2.24) is 95.3 Å². The second-order valence-electron chi connectivity index (χ2n) is 36.6. The fraction of sp³-hybridized carbons (Fsp3) is 0.750. The predicted octanol–water partition coefficient (Wildman–Crippen LogP) is -4.52. The third-order valence-corrected chi connectivity index (χ3v) is 20.3. The van der Waals surface area contributed by atoms with E-state index >= 15 is 0 Å². The van der Waals surface area contributed by atoms with Crippen LogP contribution in [0.3, 0.4) is 0 Å². The number of aliphatic hydroxyl groups is 2. The minimum absolute atomic E-state index is 0.00107. The highest BCUT2D eigenvalue weighted by molar-refractivity contribution is 6.04. The largest absolute Gasteiger partial charge is 0.394 e. The number of rotatable bonds is 49. The van der Waals surface area contributed by atoms with Gasteiger partial charge in [0.15, 0.2) is 0 Å². The molecule has 0 radical (unpaired) electrons. The van der Waals surface area contributed by atoms with Crippen molar-refractivity contribution in [2.45, 2.75) is 336 Å². The van der Waals surface area contributed by atoms with E-state index in [-0.39, 0.29) is 62.8 Å². The molecule has 0 saturated carbocycles. The maximum absolute atomic E-state index is 14.4. The van der Waals surface area contributed by atoms with Crippen molar-refractivity contribution in [2.24, 2.45) is 35.1 Å². The summed E-state index contributed by atoms with van der Waals surface area (Å²) in [5.74, 6) is -18.2. The van der Waals surface area contributed by atoms with E-state index in [0.717, 1.165) is 0 Å². The molecule has 0 aliphatic carbocycles. The fourth-order valence-corrected chi connectivity index (χ4v) is 12.2. The first kappa shape index (κ1) is 109. The minimum Gasteiger partial charge on any atom is -0.394 e. The molecule has 10 atom stereocenters. The quantitative estimate of drug-likeness (QED) is 0.0273. The minimum atomic E-state index is -1.88. The number of likely N-dealkylation sites (tertiary alicyclic amines) is 1. The van der Waals surface area contributed by atoms with Gasteiger partial charge in [0.2, 0.25) is 118 Å². The van der Waals surface area contributed by atoms with Crippen LogP contribution in [-0.2, 0) is 95.9 Å². The van der Waals surface area contributed by atoms with Gasteiger partial charge in [-0.05, 0) is 179 Å². The van der Waals surface area contributed by atoms with Crippen molar-refractivity contribution in [3.63, 3.8) is 0 Å². The SMILES string of the molecule is CCC(C)(NC(=O)C(CCC(N)=O)NC(=O)C(C)(C)NC(=O)C(CC(C)C)NC(=O)C(C)NC(=O)C(CO)NC(=O)C(C)(C)NC(C)=O)C(=O)NC(C(=O)NC(C)(C)C(=O)NCC(=O)NC(C)(C)C(=O)NC(C)(C)C(=O)N1CCCC1C(=O)NC(CC(C)C)C(=O)NC(C)(C)C(=O)NC(C)(C)C(=O)NC(CCC(N)=O)C(=O)NC(CO)C(C)C)C(C)C. The molecule has 1 aliphatic rings. The predicted molar refractivity (Wildman–Crippen MR) is 447 cm³/mol. The van der Waals surface area contributed by atoms with E-state index in [0.29, 0.717) is 6.42 Å². The first-order valence-corrected chi connectivity index (χ1v) is 41.0. The molecule has 1 saturated heterocycles. The van der Waals surface area contributed by atoms with Crippen molar-refractivity contribution in [3.8, 4) is 0 Å². The monoisotopic (exact) mass is 1730 g/mol. The van der Waals surface area contributed by atoms with Gasteiger partial charge >= 0.3 is 0 Å². The number of aliphatic hydroxyl groups excluding tert-OH is 2. The third kappa shape index (κ3) is 34.3. The van der Waals surface area contributed by atoms with Crippen molar-refractivity contribution >= 4 is 118 Å². The van der Waals surface area contributed by atoms with Crippen LogP contribution in [0.2, 0.25) is 0 Å². The van der Waals surface area contributed by atoms with E-state index in [1.165, 1.54) is 130 Å². The molecule has 1 rings (SSSR count). The molecule has 10 unspecified atom stereocenters. The van der Waals surface area contributed by atoms with Crippen molar-refractivity contribution in [2.75, 3.05) is 26.3 Å². The Bertz CT molecular complexity index is 3830. The number of nitrogens with two attached hydrogens (primary N) is 2. The van der Waals surface area contributed by atoms with E-state index in [1.807, 2.05) is 0 Å². The van der Waals surface area contributed by atoms with Crippen LogP contribution in [0.25, 0.3) is 0 Å². The summed E-state index contributed by atoms with van der Waals surface area (Å²) in [6, 6.07) is -11.7. The van der Waals surface area contributed by atoms with Crippen LogP contribution in [0.15, 0.2) is 0 Å². The molecular formula is C80H140N20O22. The number of carbonyl (C=O) groups is 20. The zero-order valence-corrected chi connectivity index (χ0v) is 75.9. The summed E-state index contributed by atoms with van der Waals surface area (Å²) in [5, 5.41) is 62.9. The van der Waals surface area contributed by atoms with E-state index < -0.39 is 255 Å². The summed E-state index contributed by atoms with van der Waals surface area (Å²) in [4.78, 5) is 272. The Balaban J connectivity index is 3.21. The Morgan fingerprint density at radius 2 is 0.795 bits per heavy atom. The van der Waals surface area contributed by atoms with Gasteiger partial charge in [0.25, 0.3) is 0 Å². The number of amides is 20. The summed E-state index contributed by atoms with van der Waals surface area (Å²) >= 11 is 0. The Labute approximate surface area is 714 Å². The Morgan fingerprint density at radius 1 is 0.393 bits per heavy atom. The fourth-order valence-electron chi connectivity index (χ4n) is 12.2. The molecule has 42 heteroatoms. The number of nitrogens with zero attached hydrogens (tertiary/aromatic N) is 1. The lowest BCUT2D eigenvalue weighted by molar-refractivity contribution is -0.146. The standard InChI is InChI=1S/C80H140N20O22/c1-27-80(26,97-60(110)47(31-33-54(82)105)89-67(117)75(16,17)94-61(111)48(35-40(2)3)85-57(107)44(10)84-59(109)51(39-102)90-66(116)74(14,15)92-45(11)103)71(121)91-56(43(8)9)64(114)96-73(12,13)65(115)83-37-55(106)93-77(20,21)69(119)99-79(24,25)72(122)100-34-28-29-52(100)63(113)86-49(36-41(4)5)62(112)95-78(22,23)70(120)98-76(18,19)68(118)88-46(30-32-53(81)104)58(108)87-50(38-101)42(6)7/h40-44,46-52,56,101-102H,27-39H2,1-26H3,(H2,81,104)(H2,82,105)(H,83,115)(H,84,109)(H,85,107)(H,86,113)(H,87,108)(H,88,118)(H,89,117)(H,90,116)(H,91,121)(H,92,103)(H,93,106)(H,94,111)(H,95,112)(H,96,114)(H,97,110)(H,98,120)(H,99,119). The van der Waals surface area contributed by atoms with E-state index in [9.17, 15) is 106 Å². The molecule has 0 aromatic carbocycles. The lowest BCUT2D eigenvalue weighted by Crippen LogP contribution is -2.66. The summed E-state index contributed by atoms with van der Waals surface area (Å²) in [7, 11) is 0. The highest BCUT2D eigenvalue weighted by atomic mass is 16.3. The third-order valence-electron chi connectivity index (χ3n) is 20.3. The molecule has 0 aromatic rings. The van der Waals surface area contributed by atoms with Gasteiger partial charge < -0.3 is 117 Å². The highest BCUT2D eigenvalue weighted by Crippen LogP contribution is 2.25. The summed E-state index contributed by atoms with van der Waals surface area (Å²) in [6.07, 6.45) is -0.965. The van der Waals surface area contributed by atoms with Crippen LogP contribution in [0, 0.1) is 23.7 Å². The molecule has 42 nitrogen and oxygen atoms in total. The normalized spacial score (nSPS) is 15.8. The lowest BCUT2D eigenvalue weighted by atomic mass is 9.93. The van der Waals surface area contributed by atoms with Gasteiger partial charge in [0.1, 0.15) is 92.6 Å². The van der Waals surface area contributed by atoms with Crippen LogP contribution < -0.4 is 102 Å². The van der Waals surface area contributed by atoms with Crippen LogP contribution in [0.1, 0.15) is 238 Å². The van der Waals surface area contributed by atoms with Crippen molar-refractivity contribution in [3.05, 3.63) is 0 Å². The first-order valence-electron chi connectivity index (χ1n) is 41.0. The Morgan fingerprint density at radius 3 is 1.23 bits per heavy atom. The summed E-state index contributed by atoms with van der Waals surface area (Å²) < 4.78 is 0. The Hall–Kier alpha value is -10.7. The number of primary amides is 2. The van der Waals surface area contributed by atoms with Crippen molar-refractivity contribution < 1.29 is 106 Å². The second-order valence-corrected chi connectivity index (χ2v) is 36.6. The molecule has 20 amide bonds. The topological polar surface area (TPSA) is 642 Å². The van der Waals surface area contributed by atoms with Gasteiger partial charge in [0.05, 0.1) is 25.8 Å². The molecule has 1 fully saturated rings. The van der Waals surface area contributed by atoms with E-state index in [2.05, 4.69) is 90.4 Å². The zero-order chi connectivity index (χ0) is 94.8.